The Kier molecular flexibility index (Phi) is 4.00. The van der Waals surface area contributed by atoms with Crippen LogP contribution in [0.3, 0.4) is 0 Å². The molecule has 1 aliphatic rings. The Hall–Kier alpha value is -1.39. The summed E-state index contributed by atoms with van der Waals surface area (Å²) >= 11 is 9.31. The molecule has 2 aromatic rings. The van der Waals surface area contributed by atoms with Gasteiger partial charge in [0.05, 0.1) is 11.3 Å². The smallest absolute Gasteiger partial charge is 0.259 e. The van der Waals surface area contributed by atoms with Crippen molar-refractivity contribution in [1.29, 1.82) is 0 Å². The first-order valence-electron chi connectivity index (χ1n) is 6.78. The van der Waals surface area contributed by atoms with Crippen LogP contribution in [-0.2, 0) is 6.42 Å². The molecular weight excluding hydrogens is 352 g/mol. The highest BCUT2D eigenvalue weighted by Gasteiger charge is 2.25. The van der Waals surface area contributed by atoms with E-state index < -0.39 is 0 Å². The van der Waals surface area contributed by atoms with Gasteiger partial charge in [-0.1, -0.05) is 27.5 Å². The number of benzene rings is 1. The minimum Gasteiger partial charge on any atom is -0.308 e. The molecule has 0 saturated carbocycles. The van der Waals surface area contributed by atoms with Crippen molar-refractivity contribution in [2.24, 2.45) is 0 Å². The summed E-state index contributed by atoms with van der Waals surface area (Å²) in [6.07, 6.45) is 3.50. The lowest BCUT2D eigenvalue weighted by molar-refractivity contribution is 0.0984. The highest BCUT2D eigenvalue weighted by Crippen LogP contribution is 2.34. The molecule has 1 aromatic heterocycles. The van der Waals surface area contributed by atoms with E-state index in [1.165, 1.54) is 11.8 Å². The number of aryl methyl sites for hydroxylation is 2. The monoisotopic (exact) mass is 364 g/mol. The Morgan fingerprint density at radius 2 is 2.19 bits per heavy atom. The summed E-state index contributed by atoms with van der Waals surface area (Å²) in [5.74, 6) is -0.0226. The number of hydrogen-bond donors (Lipinski definition) is 0. The molecule has 0 radical (unpaired) electrons. The van der Waals surface area contributed by atoms with Crippen LogP contribution in [0.25, 0.3) is 0 Å². The fourth-order valence-electron chi connectivity index (χ4n) is 2.78. The fraction of sp³-hybridized carbons (Fsp3) is 0.250. The zero-order valence-electron chi connectivity index (χ0n) is 11.6. The lowest BCUT2D eigenvalue weighted by Crippen LogP contribution is -2.36. The molecule has 0 bridgehead atoms. The van der Waals surface area contributed by atoms with Crippen LogP contribution in [-0.4, -0.2) is 17.4 Å². The third-order valence-corrected chi connectivity index (χ3v) is 4.34. The predicted molar refractivity (Wildman–Crippen MR) is 88.1 cm³/mol. The molecule has 0 N–H and O–H groups in total. The minimum absolute atomic E-state index is 0.0226. The van der Waals surface area contributed by atoms with Gasteiger partial charge < -0.3 is 4.90 Å². The number of carbonyl (C=O) groups is 1. The number of fused-ring (bicyclic) bond motifs is 1. The number of pyridine rings is 1. The van der Waals surface area contributed by atoms with E-state index in [-0.39, 0.29) is 5.91 Å². The normalized spacial score (nSPS) is 14.0. The largest absolute Gasteiger partial charge is 0.308 e. The number of carbonyl (C=O) groups excluding carboxylic acids is 1. The Morgan fingerprint density at radius 1 is 1.38 bits per heavy atom. The molecule has 0 fully saturated rings. The van der Waals surface area contributed by atoms with Gasteiger partial charge in [-0.05, 0) is 55.2 Å². The average molecular weight is 366 g/mol. The van der Waals surface area contributed by atoms with E-state index in [1.54, 1.807) is 12.1 Å². The molecule has 0 saturated heterocycles. The van der Waals surface area contributed by atoms with E-state index in [9.17, 15) is 4.79 Å². The first-order valence-corrected chi connectivity index (χ1v) is 7.96. The van der Waals surface area contributed by atoms with E-state index >= 15 is 0 Å². The average Bonchev–Trinajstić information content (AvgIpc) is 2.46. The summed E-state index contributed by atoms with van der Waals surface area (Å²) in [7, 11) is 0. The van der Waals surface area contributed by atoms with Gasteiger partial charge in [-0.25, -0.2) is 4.98 Å². The summed E-state index contributed by atoms with van der Waals surface area (Å²) in [6.45, 7) is 2.77. The van der Waals surface area contributed by atoms with E-state index in [4.69, 9.17) is 11.6 Å². The van der Waals surface area contributed by atoms with Crippen molar-refractivity contribution in [2.45, 2.75) is 19.8 Å². The quantitative estimate of drug-likeness (QED) is 0.702. The highest BCUT2D eigenvalue weighted by atomic mass is 79.9. The van der Waals surface area contributed by atoms with Crippen molar-refractivity contribution in [3.63, 3.8) is 0 Å². The van der Waals surface area contributed by atoms with Crippen LogP contribution in [0.1, 0.15) is 27.9 Å². The Balaban J connectivity index is 2.02. The van der Waals surface area contributed by atoms with Gasteiger partial charge in [-0.2, -0.15) is 0 Å². The second kappa shape index (κ2) is 5.78. The summed E-state index contributed by atoms with van der Waals surface area (Å²) in [5, 5.41) is 0.394. The van der Waals surface area contributed by atoms with E-state index in [1.807, 2.05) is 17.9 Å². The molecule has 2 heterocycles. The lowest BCUT2D eigenvalue weighted by Gasteiger charge is -2.31. The van der Waals surface area contributed by atoms with Gasteiger partial charge in [0.1, 0.15) is 5.15 Å². The standard InChI is InChI=1S/C16H14BrClN2O/c1-10-7-13(17)8-11-3-2-6-20(15(10)11)16(21)12-4-5-14(18)19-9-12/h4-5,7-9H,2-3,6H2,1H3. The maximum atomic E-state index is 12.7. The molecule has 3 nitrogen and oxygen atoms in total. The molecule has 0 spiro atoms. The summed E-state index contributed by atoms with van der Waals surface area (Å²) in [6, 6.07) is 7.51. The van der Waals surface area contributed by atoms with Crippen molar-refractivity contribution in [2.75, 3.05) is 11.4 Å². The number of nitrogens with zero attached hydrogens (tertiary/aromatic N) is 2. The SMILES string of the molecule is Cc1cc(Br)cc2c1N(C(=O)c1ccc(Cl)nc1)CCC2. The van der Waals surface area contributed by atoms with Gasteiger partial charge in [0.15, 0.2) is 0 Å². The van der Waals surface area contributed by atoms with Crippen molar-refractivity contribution in [3.05, 3.63) is 56.8 Å². The maximum Gasteiger partial charge on any atom is 0.259 e. The summed E-state index contributed by atoms with van der Waals surface area (Å²) < 4.78 is 1.06. The zero-order chi connectivity index (χ0) is 15.0. The molecule has 108 valence electrons. The number of amides is 1. The van der Waals surface area contributed by atoms with Crippen LogP contribution < -0.4 is 4.90 Å². The molecule has 1 aliphatic heterocycles. The number of anilines is 1. The highest BCUT2D eigenvalue weighted by molar-refractivity contribution is 9.10. The molecule has 5 heteroatoms. The van der Waals surface area contributed by atoms with Crippen LogP contribution in [0.4, 0.5) is 5.69 Å². The Bertz CT molecular complexity index is 700. The zero-order valence-corrected chi connectivity index (χ0v) is 13.9. The van der Waals surface area contributed by atoms with E-state index in [0.717, 1.165) is 35.1 Å². The third kappa shape index (κ3) is 2.83. The first kappa shape index (κ1) is 14.5. The second-order valence-electron chi connectivity index (χ2n) is 5.16. The van der Waals surface area contributed by atoms with Gasteiger partial charge in [0.2, 0.25) is 0 Å². The lowest BCUT2D eigenvalue weighted by atomic mass is 9.97. The summed E-state index contributed by atoms with van der Waals surface area (Å²) in [4.78, 5) is 18.6. The molecule has 0 atom stereocenters. The van der Waals surface area contributed by atoms with Crippen LogP contribution in [0.2, 0.25) is 5.15 Å². The topological polar surface area (TPSA) is 33.2 Å². The van der Waals surface area contributed by atoms with Crippen LogP contribution in [0.15, 0.2) is 34.9 Å². The van der Waals surface area contributed by atoms with Crippen molar-refractivity contribution < 1.29 is 4.79 Å². The van der Waals surface area contributed by atoms with Gasteiger partial charge in [0, 0.05) is 17.2 Å². The Labute approximate surface area is 137 Å². The first-order chi connectivity index (χ1) is 10.1. The maximum absolute atomic E-state index is 12.7. The number of aromatic nitrogens is 1. The van der Waals surface area contributed by atoms with Crippen molar-refractivity contribution in [3.8, 4) is 0 Å². The molecule has 0 unspecified atom stereocenters. The van der Waals surface area contributed by atoms with Crippen molar-refractivity contribution in [1.82, 2.24) is 4.98 Å². The minimum atomic E-state index is -0.0226. The van der Waals surface area contributed by atoms with Gasteiger partial charge in [-0.15, -0.1) is 0 Å². The predicted octanol–water partition coefficient (Wildman–Crippen LogP) is 4.40. The van der Waals surface area contributed by atoms with Gasteiger partial charge in [-0.3, -0.25) is 4.79 Å². The second-order valence-corrected chi connectivity index (χ2v) is 6.46. The van der Waals surface area contributed by atoms with Crippen LogP contribution >= 0.6 is 27.5 Å². The number of rotatable bonds is 1. The molecule has 1 aromatic carbocycles. The number of halogens is 2. The van der Waals surface area contributed by atoms with E-state index in [2.05, 4.69) is 27.0 Å². The molecule has 1 amide bonds. The van der Waals surface area contributed by atoms with Gasteiger partial charge in [0.25, 0.3) is 5.91 Å². The number of hydrogen-bond acceptors (Lipinski definition) is 2. The molecule has 21 heavy (non-hydrogen) atoms. The Morgan fingerprint density at radius 3 is 2.90 bits per heavy atom. The van der Waals surface area contributed by atoms with E-state index in [0.29, 0.717) is 10.7 Å². The molecule has 3 rings (SSSR count). The van der Waals surface area contributed by atoms with Crippen LogP contribution in [0.5, 0.6) is 0 Å². The van der Waals surface area contributed by atoms with Gasteiger partial charge >= 0.3 is 0 Å². The summed E-state index contributed by atoms with van der Waals surface area (Å²) in [5.41, 5.74) is 3.91. The third-order valence-electron chi connectivity index (χ3n) is 3.66. The fourth-order valence-corrected chi connectivity index (χ4v) is 3.51. The molecule has 0 aliphatic carbocycles. The van der Waals surface area contributed by atoms with Crippen LogP contribution in [0, 0.1) is 6.92 Å². The molecular formula is C16H14BrClN2O. The van der Waals surface area contributed by atoms with Crippen molar-refractivity contribution >= 4 is 39.1 Å².